The van der Waals surface area contributed by atoms with Crippen molar-refractivity contribution >= 4 is 34.1 Å². The summed E-state index contributed by atoms with van der Waals surface area (Å²) in [5, 5.41) is 14.3. The van der Waals surface area contributed by atoms with Crippen LogP contribution in [-0.4, -0.2) is 26.4 Å². The fourth-order valence-electron chi connectivity index (χ4n) is 3.27. The van der Waals surface area contributed by atoms with Crippen molar-refractivity contribution < 1.29 is 9.53 Å². The Labute approximate surface area is 185 Å². The number of ether oxygens (including phenoxy) is 1. The molecule has 0 radical (unpaired) electrons. The molecule has 7 heteroatoms. The minimum absolute atomic E-state index is 0.0751. The number of nitrogens with one attached hydrogen (secondary N) is 1. The Morgan fingerprint density at radius 2 is 1.84 bits per heavy atom. The Bertz CT molecular complexity index is 1240. The number of amides is 1. The average Bonchev–Trinajstić information content (AvgIpc) is 3.12. The van der Waals surface area contributed by atoms with Crippen molar-refractivity contribution in [3.63, 3.8) is 0 Å². The van der Waals surface area contributed by atoms with Gasteiger partial charge < -0.3 is 14.6 Å². The van der Waals surface area contributed by atoms with Crippen molar-refractivity contribution in [2.24, 2.45) is 7.05 Å². The van der Waals surface area contributed by atoms with Crippen LogP contribution in [0.2, 0.25) is 0 Å². The van der Waals surface area contributed by atoms with E-state index < -0.39 is 0 Å². The first-order valence-corrected chi connectivity index (χ1v) is 11.0. The molecule has 0 aliphatic rings. The number of hydrogen-bond acceptors (Lipinski definition) is 5. The van der Waals surface area contributed by atoms with Gasteiger partial charge in [-0.25, -0.2) is 0 Å². The summed E-state index contributed by atoms with van der Waals surface area (Å²) >= 11 is 1.35. The van der Waals surface area contributed by atoms with Crippen molar-refractivity contribution in [1.29, 1.82) is 0 Å². The van der Waals surface area contributed by atoms with Gasteiger partial charge in [-0.1, -0.05) is 59.8 Å². The summed E-state index contributed by atoms with van der Waals surface area (Å²) in [4.78, 5) is 12.3. The molecule has 0 fully saturated rings. The Hall–Kier alpha value is -3.32. The number of benzene rings is 3. The Kier molecular flexibility index (Phi) is 6.23. The number of aromatic nitrogens is 3. The number of thioether (sulfide) groups is 1. The maximum absolute atomic E-state index is 12.3. The molecule has 4 rings (SSSR count). The van der Waals surface area contributed by atoms with Crippen molar-refractivity contribution in [3.8, 4) is 5.75 Å². The minimum Gasteiger partial charge on any atom is -0.486 e. The van der Waals surface area contributed by atoms with Crippen molar-refractivity contribution in [3.05, 3.63) is 77.6 Å². The highest BCUT2D eigenvalue weighted by Crippen LogP contribution is 2.22. The summed E-state index contributed by atoms with van der Waals surface area (Å²) in [5.74, 6) is 1.66. The second kappa shape index (κ2) is 9.22. The molecule has 1 aromatic heterocycles. The Balaban J connectivity index is 1.33. The van der Waals surface area contributed by atoms with E-state index in [1.165, 1.54) is 22.7 Å². The lowest BCUT2D eigenvalue weighted by atomic mass is 10.1. The van der Waals surface area contributed by atoms with Gasteiger partial charge in [-0.2, -0.15) is 0 Å². The zero-order chi connectivity index (χ0) is 21.8. The topological polar surface area (TPSA) is 69.0 Å². The fourth-order valence-corrected chi connectivity index (χ4v) is 4.00. The van der Waals surface area contributed by atoms with Crippen LogP contribution >= 0.6 is 11.8 Å². The highest BCUT2D eigenvalue weighted by Gasteiger charge is 2.13. The number of fused-ring (bicyclic) bond motifs is 1. The molecule has 4 aromatic rings. The van der Waals surface area contributed by atoms with E-state index in [-0.39, 0.29) is 11.7 Å². The summed E-state index contributed by atoms with van der Waals surface area (Å²) in [7, 11) is 1.88. The molecule has 1 N–H and O–H groups in total. The van der Waals surface area contributed by atoms with Gasteiger partial charge in [0.05, 0.1) is 5.75 Å². The molecular formula is C24H24N4O2S. The first-order chi connectivity index (χ1) is 15.0. The second-order valence-corrected chi connectivity index (χ2v) is 8.35. The highest BCUT2D eigenvalue weighted by atomic mass is 32.2. The standard InChI is InChI=1S/C24H24N4O2S/c1-16-8-11-21(17(2)12-16)25-23(29)15-31-24-27-26-22(28(24)3)14-30-20-10-9-18-6-4-5-7-19(18)13-20/h4-13H,14-15H2,1-3H3,(H,25,29). The number of rotatable bonds is 7. The highest BCUT2D eigenvalue weighted by molar-refractivity contribution is 7.99. The summed E-state index contributed by atoms with van der Waals surface area (Å²) in [5.41, 5.74) is 3.05. The van der Waals surface area contributed by atoms with Gasteiger partial charge in [-0.15, -0.1) is 10.2 Å². The molecule has 3 aromatic carbocycles. The Morgan fingerprint density at radius 1 is 1.03 bits per heavy atom. The monoisotopic (exact) mass is 432 g/mol. The normalized spacial score (nSPS) is 10.9. The van der Waals surface area contributed by atoms with E-state index in [1.807, 2.05) is 74.0 Å². The van der Waals surface area contributed by atoms with Crippen LogP contribution in [0.25, 0.3) is 10.8 Å². The third kappa shape index (κ3) is 5.06. The van der Waals surface area contributed by atoms with E-state index in [1.54, 1.807) is 0 Å². The molecular weight excluding hydrogens is 408 g/mol. The second-order valence-electron chi connectivity index (χ2n) is 7.41. The van der Waals surface area contributed by atoms with Crippen molar-refractivity contribution in [2.45, 2.75) is 25.6 Å². The van der Waals surface area contributed by atoms with E-state index in [4.69, 9.17) is 4.74 Å². The third-order valence-corrected chi connectivity index (χ3v) is 6.02. The molecule has 6 nitrogen and oxygen atoms in total. The van der Waals surface area contributed by atoms with Gasteiger partial charge in [0.1, 0.15) is 12.4 Å². The predicted molar refractivity (Wildman–Crippen MR) is 125 cm³/mol. The largest absolute Gasteiger partial charge is 0.486 e. The van der Waals surface area contributed by atoms with Crippen LogP contribution in [0.3, 0.4) is 0 Å². The lowest BCUT2D eigenvalue weighted by Gasteiger charge is -2.09. The van der Waals surface area contributed by atoms with Crippen LogP contribution in [0.1, 0.15) is 17.0 Å². The zero-order valence-corrected chi connectivity index (χ0v) is 18.6. The van der Waals surface area contributed by atoms with E-state index >= 15 is 0 Å². The Morgan fingerprint density at radius 3 is 2.65 bits per heavy atom. The van der Waals surface area contributed by atoms with Crippen LogP contribution in [0.15, 0.2) is 65.8 Å². The molecule has 31 heavy (non-hydrogen) atoms. The molecule has 0 unspecified atom stereocenters. The van der Waals surface area contributed by atoms with Gasteiger partial charge in [0.2, 0.25) is 5.91 Å². The van der Waals surface area contributed by atoms with Crippen LogP contribution in [0.4, 0.5) is 5.69 Å². The molecule has 0 saturated carbocycles. The average molecular weight is 433 g/mol. The van der Waals surface area contributed by atoms with Gasteiger partial charge in [-0.3, -0.25) is 4.79 Å². The summed E-state index contributed by atoms with van der Waals surface area (Å²) < 4.78 is 7.77. The van der Waals surface area contributed by atoms with Crippen LogP contribution < -0.4 is 10.1 Å². The lowest BCUT2D eigenvalue weighted by Crippen LogP contribution is -2.15. The minimum atomic E-state index is -0.0751. The SMILES string of the molecule is Cc1ccc(NC(=O)CSc2nnc(COc3ccc4ccccc4c3)n2C)c(C)c1. The molecule has 0 spiro atoms. The van der Waals surface area contributed by atoms with E-state index in [0.29, 0.717) is 17.6 Å². The first kappa shape index (κ1) is 20.9. The summed E-state index contributed by atoms with van der Waals surface area (Å²) in [6, 6.07) is 20.1. The van der Waals surface area contributed by atoms with Gasteiger partial charge in [0, 0.05) is 12.7 Å². The van der Waals surface area contributed by atoms with Crippen LogP contribution in [0, 0.1) is 13.8 Å². The maximum Gasteiger partial charge on any atom is 0.234 e. The summed E-state index contributed by atoms with van der Waals surface area (Å²) in [6.45, 7) is 4.32. The van der Waals surface area contributed by atoms with Gasteiger partial charge in [-0.05, 0) is 48.4 Å². The van der Waals surface area contributed by atoms with Gasteiger partial charge >= 0.3 is 0 Å². The molecule has 158 valence electrons. The van der Waals surface area contributed by atoms with Crippen molar-refractivity contribution in [1.82, 2.24) is 14.8 Å². The molecule has 0 aliphatic heterocycles. The van der Waals surface area contributed by atoms with E-state index in [0.717, 1.165) is 22.4 Å². The molecule has 0 bridgehead atoms. The van der Waals surface area contributed by atoms with E-state index in [9.17, 15) is 4.79 Å². The van der Waals surface area contributed by atoms with Crippen LogP contribution in [0.5, 0.6) is 5.75 Å². The van der Waals surface area contributed by atoms with Gasteiger partial charge in [0.15, 0.2) is 11.0 Å². The fraction of sp³-hybridized carbons (Fsp3) is 0.208. The number of carbonyl (C=O) groups excluding carboxylic acids is 1. The zero-order valence-electron chi connectivity index (χ0n) is 17.8. The molecule has 0 saturated heterocycles. The third-order valence-electron chi connectivity index (χ3n) is 5.00. The predicted octanol–water partition coefficient (Wildman–Crippen LogP) is 4.89. The van der Waals surface area contributed by atoms with Crippen LogP contribution in [-0.2, 0) is 18.4 Å². The number of carbonyl (C=O) groups is 1. The smallest absolute Gasteiger partial charge is 0.234 e. The number of nitrogens with zero attached hydrogens (tertiary/aromatic N) is 3. The number of anilines is 1. The first-order valence-electron chi connectivity index (χ1n) is 9.99. The number of aryl methyl sites for hydroxylation is 2. The maximum atomic E-state index is 12.3. The molecule has 0 atom stereocenters. The quantitative estimate of drug-likeness (QED) is 0.421. The van der Waals surface area contributed by atoms with Crippen molar-refractivity contribution in [2.75, 3.05) is 11.1 Å². The van der Waals surface area contributed by atoms with Gasteiger partial charge in [0.25, 0.3) is 0 Å². The lowest BCUT2D eigenvalue weighted by molar-refractivity contribution is -0.113. The molecule has 0 aliphatic carbocycles. The molecule has 1 heterocycles. The molecule has 1 amide bonds. The number of hydrogen-bond donors (Lipinski definition) is 1. The van der Waals surface area contributed by atoms with E-state index in [2.05, 4.69) is 27.6 Å². The summed E-state index contributed by atoms with van der Waals surface area (Å²) in [6.07, 6.45) is 0.